The van der Waals surface area contributed by atoms with Gasteiger partial charge >= 0.3 is 0 Å². The van der Waals surface area contributed by atoms with Crippen LogP contribution in [0, 0.1) is 0 Å². The Morgan fingerprint density at radius 3 is 2.73 bits per heavy atom. The third-order valence-electron chi connectivity index (χ3n) is 4.75. The number of nitrogens with zero attached hydrogens (tertiary/aromatic N) is 3. The van der Waals surface area contributed by atoms with E-state index in [1.807, 2.05) is 24.0 Å². The van der Waals surface area contributed by atoms with Crippen molar-refractivity contribution in [2.24, 2.45) is 4.99 Å². The van der Waals surface area contributed by atoms with Crippen molar-refractivity contribution < 1.29 is 14.6 Å². The summed E-state index contributed by atoms with van der Waals surface area (Å²) in [6, 6.07) is 7.15. The highest BCUT2D eigenvalue weighted by atomic mass is 16.5. The Labute approximate surface area is 154 Å². The monoisotopic (exact) mass is 360 g/mol. The van der Waals surface area contributed by atoms with Gasteiger partial charge in [0.05, 0.1) is 6.54 Å². The second kappa shape index (κ2) is 8.89. The quantitative estimate of drug-likeness (QED) is 0.623. The standard InChI is InChI=1S/C19H28N4O3/c1-2-20-19(21-14-15-5-3-6-16(24)13-15)23-10-8-22(9-11-23)18(25)17-7-4-12-26-17/h3,5-6,13,17,24H,2,4,7-12,14H2,1H3,(H,20,21). The van der Waals surface area contributed by atoms with Crippen LogP contribution in [0.4, 0.5) is 0 Å². The molecule has 0 saturated carbocycles. The Balaban J connectivity index is 1.57. The Morgan fingerprint density at radius 2 is 2.08 bits per heavy atom. The number of aromatic hydroxyl groups is 1. The summed E-state index contributed by atoms with van der Waals surface area (Å²) >= 11 is 0. The van der Waals surface area contributed by atoms with Crippen molar-refractivity contribution >= 4 is 11.9 Å². The maximum absolute atomic E-state index is 12.5. The van der Waals surface area contributed by atoms with Gasteiger partial charge in [0.25, 0.3) is 5.91 Å². The van der Waals surface area contributed by atoms with Crippen LogP contribution in [0.5, 0.6) is 5.75 Å². The number of carbonyl (C=O) groups excluding carboxylic acids is 1. The molecule has 26 heavy (non-hydrogen) atoms. The van der Waals surface area contributed by atoms with Gasteiger partial charge < -0.3 is 25.0 Å². The predicted octanol–water partition coefficient (Wildman–Crippen LogP) is 1.18. The summed E-state index contributed by atoms with van der Waals surface area (Å²) in [6.45, 7) is 6.92. The van der Waals surface area contributed by atoms with Crippen LogP contribution in [-0.4, -0.2) is 72.2 Å². The van der Waals surface area contributed by atoms with Crippen LogP contribution in [0.25, 0.3) is 0 Å². The second-order valence-electron chi connectivity index (χ2n) is 6.65. The van der Waals surface area contributed by atoms with Crippen LogP contribution in [0.1, 0.15) is 25.3 Å². The number of phenols is 1. The van der Waals surface area contributed by atoms with Gasteiger partial charge in [-0.2, -0.15) is 0 Å². The zero-order chi connectivity index (χ0) is 18.4. The molecule has 2 fully saturated rings. The van der Waals surface area contributed by atoms with E-state index in [9.17, 15) is 9.90 Å². The van der Waals surface area contributed by atoms with E-state index in [2.05, 4.69) is 15.2 Å². The number of benzene rings is 1. The molecule has 0 bridgehead atoms. The van der Waals surface area contributed by atoms with Crippen LogP contribution in [-0.2, 0) is 16.1 Å². The molecule has 0 aromatic heterocycles. The summed E-state index contributed by atoms with van der Waals surface area (Å²) in [5, 5.41) is 12.9. The number of piperazine rings is 1. The maximum atomic E-state index is 12.5. The van der Waals surface area contributed by atoms with E-state index < -0.39 is 0 Å². The lowest BCUT2D eigenvalue weighted by Gasteiger charge is -2.37. The van der Waals surface area contributed by atoms with Gasteiger partial charge in [0.1, 0.15) is 11.9 Å². The molecule has 3 rings (SSSR count). The van der Waals surface area contributed by atoms with Crippen molar-refractivity contribution in [2.45, 2.75) is 32.4 Å². The van der Waals surface area contributed by atoms with Crippen molar-refractivity contribution in [3.63, 3.8) is 0 Å². The molecule has 2 N–H and O–H groups in total. The van der Waals surface area contributed by atoms with E-state index in [-0.39, 0.29) is 17.8 Å². The average molecular weight is 360 g/mol. The first-order valence-corrected chi connectivity index (χ1v) is 9.39. The average Bonchev–Trinajstić information content (AvgIpc) is 3.19. The van der Waals surface area contributed by atoms with Gasteiger partial charge in [-0.15, -0.1) is 0 Å². The molecular formula is C19H28N4O3. The fraction of sp³-hybridized carbons (Fsp3) is 0.579. The third-order valence-corrected chi connectivity index (χ3v) is 4.75. The molecule has 7 heteroatoms. The second-order valence-corrected chi connectivity index (χ2v) is 6.65. The lowest BCUT2D eigenvalue weighted by molar-refractivity contribution is -0.142. The van der Waals surface area contributed by atoms with Gasteiger partial charge in [0.2, 0.25) is 0 Å². The molecule has 1 aromatic carbocycles. The van der Waals surface area contributed by atoms with Gasteiger partial charge in [-0.05, 0) is 37.5 Å². The van der Waals surface area contributed by atoms with E-state index >= 15 is 0 Å². The first-order valence-electron chi connectivity index (χ1n) is 9.39. The number of hydrogen-bond acceptors (Lipinski definition) is 4. The fourth-order valence-electron chi connectivity index (χ4n) is 3.36. The van der Waals surface area contributed by atoms with E-state index in [1.165, 1.54) is 0 Å². The minimum absolute atomic E-state index is 0.129. The van der Waals surface area contributed by atoms with Crippen LogP contribution in [0.3, 0.4) is 0 Å². The smallest absolute Gasteiger partial charge is 0.251 e. The molecule has 142 valence electrons. The number of amides is 1. The molecule has 0 radical (unpaired) electrons. The van der Waals surface area contributed by atoms with E-state index in [4.69, 9.17) is 4.74 Å². The zero-order valence-corrected chi connectivity index (χ0v) is 15.4. The SMILES string of the molecule is CCNC(=NCc1cccc(O)c1)N1CCN(C(=O)C2CCCO2)CC1. The molecular weight excluding hydrogens is 332 g/mol. The Bertz CT molecular complexity index is 635. The summed E-state index contributed by atoms with van der Waals surface area (Å²) in [6.07, 6.45) is 1.57. The van der Waals surface area contributed by atoms with E-state index in [0.717, 1.165) is 44.0 Å². The predicted molar refractivity (Wildman–Crippen MR) is 100 cm³/mol. The lowest BCUT2D eigenvalue weighted by Crippen LogP contribution is -2.55. The van der Waals surface area contributed by atoms with Gasteiger partial charge in [-0.25, -0.2) is 4.99 Å². The fourth-order valence-corrected chi connectivity index (χ4v) is 3.36. The summed E-state index contributed by atoms with van der Waals surface area (Å²) in [4.78, 5) is 21.2. The van der Waals surface area contributed by atoms with Crippen LogP contribution in [0.2, 0.25) is 0 Å². The lowest BCUT2D eigenvalue weighted by atomic mass is 10.2. The van der Waals surface area contributed by atoms with Gasteiger partial charge in [0.15, 0.2) is 5.96 Å². The summed E-state index contributed by atoms with van der Waals surface area (Å²) < 4.78 is 5.52. The zero-order valence-electron chi connectivity index (χ0n) is 15.4. The van der Waals surface area contributed by atoms with Gasteiger partial charge in [-0.3, -0.25) is 4.79 Å². The van der Waals surface area contributed by atoms with Gasteiger partial charge in [-0.1, -0.05) is 12.1 Å². The number of hydrogen-bond donors (Lipinski definition) is 2. The number of phenolic OH excluding ortho intramolecular Hbond substituents is 1. The summed E-state index contributed by atoms with van der Waals surface area (Å²) in [5.41, 5.74) is 0.965. The van der Waals surface area contributed by atoms with Crippen molar-refractivity contribution in [1.29, 1.82) is 0 Å². The molecule has 2 aliphatic rings. The Morgan fingerprint density at radius 1 is 1.31 bits per heavy atom. The normalized spacial score (nSPS) is 21.1. The highest BCUT2D eigenvalue weighted by Crippen LogP contribution is 2.16. The maximum Gasteiger partial charge on any atom is 0.251 e. The van der Waals surface area contributed by atoms with Crippen molar-refractivity contribution in [3.8, 4) is 5.75 Å². The Kier molecular flexibility index (Phi) is 6.33. The van der Waals surface area contributed by atoms with E-state index in [0.29, 0.717) is 26.2 Å². The van der Waals surface area contributed by atoms with Crippen molar-refractivity contribution in [1.82, 2.24) is 15.1 Å². The topological polar surface area (TPSA) is 77.4 Å². The molecule has 2 heterocycles. The molecule has 1 amide bonds. The van der Waals surface area contributed by atoms with Crippen molar-refractivity contribution in [3.05, 3.63) is 29.8 Å². The third kappa shape index (κ3) is 4.66. The first-order chi connectivity index (χ1) is 12.7. The van der Waals surface area contributed by atoms with Gasteiger partial charge in [0, 0.05) is 39.3 Å². The van der Waals surface area contributed by atoms with Crippen LogP contribution < -0.4 is 5.32 Å². The molecule has 7 nitrogen and oxygen atoms in total. The minimum atomic E-state index is -0.241. The Hall–Kier alpha value is -2.28. The largest absolute Gasteiger partial charge is 0.508 e. The van der Waals surface area contributed by atoms with E-state index in [1.54, 1.807) is 12.1 Å². The highest BCUT2D eigenvalue weighted by Gasteiger charge is 2.30. The summed E-state index contributed by atoms with van der Waals surface area (Å²) in [7, 11) is 0. The first kappa shape index (κ1) is 18.5. The highest BCUT2D eigenvalue weighted by molar-refractivity contribution is 5.82. The van der Waals surface area contributed by atoms with Crippen molar-refractivity contribution in [2.75, 3.05) is 39.3 Å². The number of ether oxygens (including phenoxy) is 1. The number of carbonyl (C=O) groups is 1. The number of rotatable bonds is 4. The molecule has 2 saturated heterocycles. The summed E-state index contributed by atoms with van der Waals surface area (Å²) in [5.74, 6) is 1.23. The minimum Gasteiger partial charge on any atom is -0.508 e. The van der Waals surface area contributed by atoms with Crippen LogP contribution in [0.15, 0.2) is 29.3 Å². The van der Waals surface area contributed by atoms with Crippen LogP contribution >= 0.6 is 0 Å². The molecule has 1 unspecified atom stereocenters. The molecule has 0 spiro atoms. The molecule has 0 aliphatic carbocycles. The molecule has 1 atom stereocenters. The number of guanidine groups is 1. The molecule has 1 aromatic rings. The number of aliphatic imine (C=N–C) groups is 1. The number of nitrogens with one attached hydrogen (secondary N) is 1. The molecule has 2 aliphatic heterocycles.